The van der Waals surface area contributed by atoms with Crippen LogP contribution in [-0.4, -0.2) is 10.9 Å². The minimum absolute atomic E-state index is 0.180. The SMILES string of the molecule is O=C(/C=C/c1nc2ccccc2o1)NCc1ccccc1. The molecule has 4 heteroatoms. The van der Waals surface area contributed by atoms with E-state index in [-0.39, 0.29) is 5.91 Å². The van der Waals surface area contributed by atoms with Gasteiger partial charge < -0.3 is 9.73 Å². The predicted octanol–water partition coefficient (Wildman–Crippen LogP) is 3.16. The van der Waals surface area contributed by atoms with Gasteiger partial charge in [0.05, 0.1) is 0 Å². The van der Waals surface area contributed by atoms with Crippen LogP contribution in [0.2, 0.25) is 0 Å². The molecular formula is C17H14N2O2. The van der Waals surface area contributed by atoms with Crippen LogP contribution in [-0.2, 0) is 11.3 Å². The lowest BCUT2D eigenvalue weighted by Crippen LogP contribution is -2.20. The molecule has 0 saturated carbocycles. The Morgan fingerprint density at radius 1 is 1.10 bits per heavy atom. The number of amides is 1. The minimum atomic E-state index is -0.180. The molecule has 0 aliphatic heterocycles. The first kappa shape index (κ1) is 13.1. The van der Waals surface area contributed by atoms with Gasteiger partial charge in [-0.25, -0.2) is 4.98 Å². The number of carbonyl (C=O) groups is 1. The first-order valence-corrected chi connectivity index (χ1v) is 6.67. The number of nitrogens with zero attached hydrogens (tertiary/aromatic N) is 1. The number of aromatic nitrogens is 1. The number of oxazole rings is 1. The van der Waals surface area contributed by atoms with E-state index < -0.39 is 0 Å². The molecule has 1 N–H and O–H groups in total. The molecule has 3 rings (SSSR count). The third-order valence-corrected chi connectivity index (χ3v) is 3.00. The fraction of sp³-hybridized carbons (Fsp3) is 0.0588. The van der Waals surface area contributed by atoms with Gasteiger partial charge in [0.2, 0.25) is 11.8 Å². The van der Waals surface area contributed by atoms with E-state index in [4.69, 9.17) is 4.42 Å². The molecule has 104 valence electrons. The smallest absolute Gasteiger partial charge is 0.244 e. The Morgan fingerprint density at radius 3 is 2.67 bits per heavy atom. The number of hydrogen-bond acceptors (Lipinski definition) is 3. The minimum Gasteiger partial charge on any atom is -0.437 e. The van der Waals surface area contributed by atoms with Gasteiger partial charge in [-0.15, -0.1) is 0 Å². The van der Waals surface area contributed by atoms with Crippen molar-refractivity contribution in [1.29, 1.82) is 0 Å². The molecule has 1 amide bonds. The lowest BCUT2D eigenvalue weighted by atomic mass is 10.2. The normalized spacial score (nSPS) is 11.0. The van der Waals surface area contributed by atoms with Gasteiger partial charge in [-0.1, -0.05) is 42.5 Å². The molecule has 3 aromatic rings. The molecule has 0 radical (unpaired) electrons. The average molecular weight is 278 g/mol. The zero-order valence-electron chi connectivity index (χ0n) is 11.3. The summed E-state index contributed by atoms with van der Waals surface area (Å²) in [4.78, 5) is 16.0. The number of carbonyl (C=O) groups excluding carboxylic acids is 1. The molecule has 4 nitrogen and oxygen atoms in total. The van der Waals surface area contributed by atoms with Crippen LogP contribution >= 0.6 is 0 Å². The first-order valence-electron chi connectivity index (χ1n) is 6.67. The van der Waals surface area contributed by atoms with Crippen molar-refractivity contribution in [3.63, 3.8) is 0 Å². The van der Waals surface area contributed by atoms with Crippen LogP contribution in [0.4, 0.5) is 0 Å². The van der Waals surface area contributed by atoms with Gasteiger partial charge in [-0.05, 0) is 17.7 Å². The monoisotopic (exact) mass is 278 g/mol. The number of nitrogens with one attached hydrogen (secondary N) is 1. The third-order valence-electron chi connectivity index (χ3n) is 3.00. The summed E-state index contributed by atoms with van der Waals surface area (Å²) in [6, 6.07) is 17.2. The first-order chi connectivity index (χ1) is 10.3. The van der Waals surface area contributed by atoms with E-state index in [1.54, 1.807) is 6.08 Å². The molecule has 0 atom stereocenters. The van der Waals surface area contributed by atoms with Crippen molar-refractivity contribution < 1.29 is 9.21 Å². The van der Waals surface area contributed by atoms with Crippen molar-refractivity contribution >= 4 is 23.1 Å². The lowest BCUT2D eigenvalue weighted by Gasteiger charge is -2.01. The zero-order chi connectivity index (χ0) is 14.5. The summed E-state index contributed by atoms with van der Waals surface area (Å²) in [6.07, 6.45) is 2.99. The Hall–Kier alpha value is -2.88. The second-order valence-corrected chi connectivity index (χ2v) is 4.56. The molecule has 21 heavy (non-hydrogen) atoms. The quantitative estimate of drug-likeness (QED) is 0.746. The van der Waals surface area contributed by atoms with Gasteiger partial charge >= 0.3 is 0 Å². The molecule has 0 bridgehead atoms. The lowest BCUT2D eigenvalue weighted by molar-refractivity contribution is -0.116. The van der Waals surface area contributed by atoms with Gasteiger partial charge in [0.15, 0.2) is 5.58 Å². The Balaban J connectivity index is 1.61. The van der Waals surface area contributed by atoms with E-state index in [0.29, 0.717) is 18.0 Å². The standard InChI is InChI=1S/C17H14N2O2/c20-16(18-12-13-6-2-1-3-7-13)10-11-17-19-14-8-4-5-9-15(14)21-17/h1-11H,12H2,(H,18,20)/b11-10+. The molecule has 0 aliphatic rings. The van der Waals surface area contributed by atoms with E-state index in [2.05, 4.69) is 10.3 Å². The summed E-state index contributed by atoms with van der Waals surface area (Å²) in [7, 11) is 0. The molecule has 2 aromatic carbocycles. The Labute approximate surface area is 122 Å². The number of fused-ring (bicyclic) bond motifs is 1. The second kappa shape index (κ2) is 6.05. The average Bonchev–Trinajstić information content (AvgIpc) is 2.95. The maximum absolute atomic E-state index is 11.7. The van der Waals surface area contributed by atoms with Crippen LogP contribution in [0.5, 0.6) is 0 Å². The van der Waals surface area contributed by atoms with Crippen molar-refractivity contribution in [3.05, 3.63) is 72.1 Å². The zero-order valence-corrected chi connectivity index (χ0v) is 11.3. The van der Waals surface area contributed by atoms with Crippen molar-refractivity contribution in [2.24, 2.45) is 0 Å². The molecule has 0 saturated heterocycles. The number of benzene rings is 2. The van der Waals surface area contributed by atoms with Crippen LogP contribution in [0.25, 0.3) is 17.2 Å². The molecule has 1 aromatic heterocycles. The summed E-state index contributed by atoms with van der Waals surface area (Å²) in [5.41, 5.74) is 2.55. The maximum atomic E-state index is 11.7. The van der Waals surface area contributed by atoms with E-state index in [1.807, 2.05) is 54.6 Å². The van der Waals surface area contributed by atoms with Crippen molar-refractivity contribution in [1.82, 2.24) is 10.3 Å². The van der Waals surface area contributed by atoms with E-state index in [9.17, 15) is 4.79 Å². The van der Waals surface area contributed by atoms with Gasteiger partial charge in [-0.2, -0.15) is 0 Å². The fourth-order valence-electron chi connectivity index (χ4n) is 1.95. The summed E-state index contributed by atoms with van der Waals surface area (Å²) >= 11 is 0. The number of para-hydroxylation sites is 2. The second-order valence-electron chi connectivity index (χ2n) is 4.56. The highest BCUT2D eigenvalue weighted by atomic mass is 16.3. The molecular weight excluding hydrogens is 264 g/mol. The maximum Gasteiger partial charge on any atom is 0.244 e. The fourth-order valence-corrected chi connectivity index (χ4v) is 1.95. The Morgan fingerprint density at radius 2 is 1.86 bits per heavy atom. The molecule has 0 unspecified atom stereocenters. The van der Waals surface area contributed by atoms with Gasteiger partial charge in [0, 0.05) is 18.7 Å². The van der Waals surface area contributed by atoms with Crippen molar-refractivity contribution in [2.45, 2.75) is 6.54 Å². The van der Waals surface area contributed by atoms with E-state index in [0.717, 1.165) is 11.1 Å². The summed E-state index contributed by atoms with van der Waals surface area (Å²) < 4.78 is 5.50. The van der Waals surface area contributed by atoms with Crippen LogP contribution in [0, 0.1) is 0 Å². The Kier molecular flexibility index (Phi) is 3.78. The highest BCUT2D eigenvalue weighted by Crippen LogP contribution is 2.15. The Bertz CT molecular complexity index is 743. The van der Waals surface area contributed by atoms with Crippen LogP contribution in [0.3, 0.4) is 0 Å². The highest BCUT2D eigenvalue weighted by molar-refractivity contribution is 5.91. The number of hydrogen-bond donors (Lipinski definition) is 1. The number of rotatable bonds is 4. The van der Waals surface area contributed by atoms with Crippen LogP contribution in [0.15, 0.2) is 65.1 Å². The molecule has 1 heterocycles. The summed E-state index contributed by atoms with van der Waals surface area (Å²) in [5.74, 6) is 0.243. The van der Waals surface area contributed by atoms with Crippen molar-refractivity contribution in [2.75, 3.05) is 0 Å². The van der Waals surface area contributed by atoms with Gasteiger partial charge in [-0.3, -0.25) is 4.79 Å². The molecule has 0 aliphatic carbocycles. The summed E-state index contributed by atoms with van der Waals surface area (Å²) in [6.45, 7) is 0.498. The highest BCUT2D eigenvalue weighted by Gasteiger charge is 2.02. The van der Waals surface area contributed by atoms with Crippen LogP contribution < -0.4 is 5.32 Å². The van der Waals surface area contributed by atoms with Crippen LogP contribution in [0.1, 0.15) is 11.5 Å². The van der Waals surface area contributed by atoms with Crippen molar-refractivity contribution in [3.8, 4) is 0 Å². The molecule has 0 spiro atoms. The van der Waals surface area contributed by atoms with Gasteiger partial charge in [0.25, 0.3) is 0 Å². The largest absolute Gasteiger partial charge is 0.437 e. The van der Waals surface area contributed by atoms with Gasteiger partial charge in [0.1, 0.15) is 5.52 Å². The summed E-state index contributed by atoms with van der Waals surface area (Å²) in [5, 5.41) is 2.81. The van der Waals surface area contributed by atoms with E-state index in [1.165, 1.54) is 6.08 Å². The van der Waals surface area contributed by atoms with E-state index >= 15 is 0 Å². The topological polar surface area (TPSA) is 55.1 Å². The predicted molar refractivity (Wildman–Crippen MR) is 81.3 cm³/mol. The molecule has 0 fully saturated rings. The third kappa shape index (κ3) is 3.36.